The third-order valence-corrected chi connectivity index (χ3v) is 3.18. The summed E-state index contributed by atoms with van der Waals surface area (Å²) >= 11 is 3.34. The molecule has 5 heteroatoms. The van der Waals surface area contributed by atoms with Crippen molar-refractivity contribution >= 4 is 22.0 Å². The number of aromatic nitrogens is 1. The van der Waals surface area contributed by atoms with Crippen LogP contribution in [0.2, 0.25) is 0 Å². The van der Waals surface area contributed by atoms with Crippen molar-refractivity contribution in [2.45, 2.75) is 12.6 Å². The average Bonchev–Trinajstić information content (AvgIpc) is 2.40. The fraction of sp³-hybridized carbons (Fsp3) is 0.133. The summed E-state index contributed by atoms with van der Waals surface area (Å²) in [5.74, 6) is 0. The molecule has 0 amide bonds. The van der Waals surface area contributed by atoms with E-state index in [4.69, 9.17) is 0 Å². The SMILES string of the molecule is FC(F)(F)c1ccnc(CC=Cc2ccc(Br)cc2)c1. The molecule has 0 bridgehead atoms. The van der Waals surface area contributed by atoms with Gasteiger partial charge in [-0.25, -0.2) is 0 Å². The van der Waals surface area contributed by atoms with Gasteiger partial charge in [-0.1, -0.05) is 40.2 Å². The molecule has 1 aromatic heterocycles. The molecule has 0 radical (unpaired) electrons. The van der Waals surface area contributed by atoms with E-state index in [9.17, 15) is 13.2 Å². The first-order valence-corrected chi connectivity index (χ1v) is 6.69. The van der Waals surface area contributed by atoms with Gasteiger partial charge in [-0.3, -0.25) is 4.98 Å². The molecular formula is C15H11BrF3N. The summed E-state index contributed by atoms with van der Waals surface area (Å²) in [6.45, 7) is 0. The fourth-order valence-electron chi connectivity index (χ4n) is 1.66. The van der Waals surface area contributed by atoms with Crippen LogP contribution < -0.4 is 0 Å². The smallest absolute Gasteiger partial charge is 0.261 e. The van der Waals surface area contributed by atoms with Gasteiger partial charge in [0.2, 0.25) is 0 Å². The van der Waals surface area contributed by atoms with Gasteiger partial charge in [0.05, 0.1) is 5.56 Å². The molecule has 1 heterocycles. The van der Waals surface area contributed by atoms with E-state index in [2.05, 4.69) is 20.9 Å². The molecule has 0 unspecified atom stereocenters. The second-order valence-electron chi connectivity index (χ2n) is 4.19. The minimum absolute atomic E-state index is 0.361. The highest BCUT2D eigenvalue weighted by atomic mass is 79.9. The zero-order valence-electron chi connectivity index (χ0n) is 10.4. The van der Waals surface area contributed by atoms with Crippen LogP contribution in [0.15, 0.2) is 53.1 Å². The molecular weight excluding hydrogens is 331 g/mol. The minimum Gasteiger partial charge on any atom is -0.261 e. The Morgan fingerprint density at radius 3 is 2.45 bits per heavy atom. The zero-order chi connectivity index (χ0) is 14.6. The van der Waals surface area contributed by atoms with Gasteiger partial charge in [-0.15, -0.1) is 0 Å². The summed E-state index contributed by atoms with van der Waals surface area (Å²) in [5.41, 5.74) is 0.716. The Morgan fingerprint density at radius 1 is 1.10 bits per heavy atom. The van der Waals surface area contributed by atoms with Gasteiger partial charge >= 0.3 is 6.18 Å². The minimum atomic E-state index is -4.33. The second-order valence-corrected chi connectivity index (χ2v) is 5.11. The molecule has 0 saturated heterocycles. The Kier molecular flexibility index (Phi) is 4.60. The Labute approximate surface area is 123 Å². The molecule has 0 aliphatic carbocycles. The van der Waals surface area contributed by atoms with Crippen LogP contribution in [-0.2, 0) is 12.6 Å². The molecule has 1 aromatic carbocycles. The lowest BCUT2D eigenvalue weighted by molar-refractivity contribution is -0.137. The number of rotatable bonds is 3. The molecule has 104 valence electrons. The normalized spacial score (nSPS) is 12.0. The van der Waals surface area contributed by atoms with Crippen molar-refractivity contribution in [3.05, 3.63) is 70.0 Å². The van der Waals surface area contributed by atoms with Crippen molar-refractivity contribution in [2.75, 3.05) is 0 Å². The first-order chi connectivity index (χ1) is 9.45. The van der Waals surface area contributed by atoms with Gasteiger partial charge in [-0.2, -0.15) is 13.2 Å². The first-order valence-electron chi connectivity index (χ1n) is 5.89. The summed E-state index contributed by atoms with van der Waals surface area (Å²) in [4.78, 5) is 3.94. The van der Waals surface area contributed by atoms with E-state index in [1.54, 1.807) is 6.08 Å². The number of benzene rings is 1. The predicted molar refractivity (Wildman–Crippen MR) is 76.1 cm³/mol. The summed E-state index contributed by atoms with van der Waals surface area (Å²) < 4.78 is 38.6. The van der Waals surface area contributed by atoms with E-state index in [0.717, 1.165) is 22.2 Å². The maximum absolute atomic E-state index is 12.5. The lowest BCUT2D eigenvalue weighted by Crippen LogP contribution is -2.05. The Balaban J connectivity index is 2.05. The Bertz CT molecular complexity index is 603. The van der Waals surface area contributed by atoms with Crippen molar-refractivity contribution in [1.29, 1.82) is 0 Å². The van der Waals surface area contributed by atoms with Gasteiger partial charge in [0.25, 0.3) is 0 Å². The standard InChI is InChI=1S/C15H11BrF3N/c16-13-6-4-11(5-7-13)2-1-3-14-10-12(8-9-20-14)15(17,18)19/h1-2,4-10H,3H2. The molecule has 1 nitrogen and oxygen atoms in total. The van der Waals surface area contributed by atoms with Gasteiger partial charge in [0.15, 0.2) is 0 Å². The number of pyridine rings is 1. The van der Waals surface area contributed by atoms with E-state index in [-0.39, 0.29) is 0 Å². The lowest BCUT2D eigenvalue weighted by Gasteiger charge is -2.06. The second kappa shape index (κ2) is 6.22. The van der Waals surface area contributed by atoms with Gasteiger partial charge in [-0.05, 0) is 29.8 Å². The molecule has 0 N–H and O–H groups in total. The summed E-state index contributed by atoms with van der Waals surface area (Å²) in [5, 5.41) is 0. The highest BCUT2D eigenvalue weighted by Gasteiger charge is 2.30. The van der Waals surface area contributed by atoms with Crippen LogP contribution in [0.1, 0.15) is 16.8 Å². The monoisotopic (exact) mass is 341 g/mol. The van der Waals surface area contributed by atoms with E-state index in [0.29, 0.717) is 12.1 Å². The highest BCUT2D eigenvalue weighted by molar-refractivity contribution is 9.10. The topological polar surface area (TPSA) is 12.9 Å². The first kappa shape index (κ1) is 14.8. The van der Waals surface area contributed by atoms with Crippen molar-refractivity contribution in [3.63, 3.8) is 0 Å². The quantitative estimate of drug-likeness (QED) is 0.755. The van der Waals surface area contributed by atoms with Gasteiger partial charge in [0.1, 0.15) is 0 Å². The molecule has 0 fully saturated rings. The Hall–Kier alpha value is -1.62. The van der Waals surface area contributed by atoms with Crippen molar-refractivity contribution in [3.8, 4) is 0 Å². The largest absolute Gasteiger partial charge is 0.416 e. The van der Waals surface area contributed by atoms with Crippen molar-refractivity contribution < 1.29 is 13.2 Å². The highest BCUT2D eigenvalue weighted by Crippen LogP contribution is 2.29. The maximum atomic E-state index is 12.5. The van der Waals surface area contributed by atoms with Crippen LogP contribution in [0.4, 0.5) is 13.2 Å². The number of hydrogen-bond acceptors (Lipinski definition) is 1. The molecule has 0 aliphatic heterocycles. The van der Waals surface area contributed by atoms with Gasteiger partial charge < -0.3 is 0 Å². The van der Waals surface area contributed by atoms with Crippen LogP contribution in [0.5, 0.6) is 0 Å². The molecule has 2 aromatic rings. The number of alkyl halides is 3. The van der Waals surface area contributed by atoms with Crippen LogP contribution in [0.3, 0.4) is 0 Å². The maximum Gasteiger partial charge on any atom is 0.416 e. The zero-order valence-corrected chi connectivity index (χ0v) is 11.9. The van der Waals surface area contributed by atoms with E-state index >= 15 is 0 Å². The summed E-state index contributed by atoms with van der Waals surface area (Å²) in [6.07, 6.45) is 0.874. The predicted octanol–water partition coefficient (Wildman–Crippen LogP) is 5.12. The van der Waals surface area contributed by atoms with Crippen molar-refractivity contribution in [1.82, 2.24) is 4.98 Å². The molecule has 2 rings (SSSR count). The van der Waals surface area contributed by atoms with Crippen LogP contribution in [-0.4, -0.2) is 4.98 Å². The summed E-state index contributed by atoms with van der Waals surface area (Å²) in [7, 11) is 0. The lowest BCUT2D eigenvalue weighted by atomic mass is 10.1. The molecule has 0 spiro atoms. The van der Waals surface area contributed by atoms with Crippen LogP contribution in [0.25, 0.3) is 6.08 Å². The molecule has 0 saturated carbocycles. The number of halogens is 4. The fourth-order valence-corrected chi connectivity index (χ4v) is 1.92. The average molecular weight is 342 g/mol. The Morgan fingerprint density at radius 2 is 1.80 bits per heavy atom. The number of nitrogens with zero attached hydrogens (tertiary/aromatic N) is 1. The number of allylic oxidation sites excluding steroid dienone is 1. The number of hydrogen-bond donors (Lipinski definition) is 0. The van der Waals surface area contributed by atoms with E-state index < -0.39 is 11.7 Å². The van der Waals surface area contributed by atoms with Crippen molar-refractivity contribution in [2.24, 2.45) is 0 Å². The molecule has 20 heavy (non-hydrogen) atoms. The van der Waals surface area contributed by atoms with Crippen LogP contribution >= 0.6 is 15.9 Å². The van der Waals surface area contributed by atoms with Gasteiger partial charge in [0, 0.05) is 22.8 Å². The van der Waals surface area contributed by atoms with E-state index in [1.807, 2.05) is 30.3 Å². The van der Waals surface area contributed by atoms with Crippen LogP contribution in [0, 0.1) is 0 Å². The van der Waals surface area contributed by atoms with E-state index in [1.165, 1.54) is 6.20 Å². The molecule has 0 aliphatic rings. The summed E-state index contributed by atoms with van der Waals surface area (Å²) in [6, 6.07) is 9.69. The third kappa shape index (κ3) is 4.20. The third-order valence-electron chi connectivity index (χ3n) is 2.65. The molecule has 0 atom stereocenters.